The van der Waals surface area contributed by atoms with Gasteiger partial charge in [-0.3, -0.25) is 0 Å². The van der Waals surface area contributed by atoms with E-state index in [2.05, 4.69) is 173 Å². The largest absolute Gasteiger partial charge is 0.456 e. The van der Waals surface area contributed by atoms with Gasteiger partial charge in [0.25, 0.3) is 0 Å². The lowest BCUT2D eigenvalue weighted by molar-refractivity contribution is 0.669. The zero-order valence-corrected chi connectivity index (χ0v) is 28.0. The van der Waals surface area contributed by atoms with Crippen molar-refractivity contribution in [2.75, 3.05) is 4.90 Å². The lowest BCUT2D eigenvalue weighted by Gasteiger charge is -2.27. The summed E-state index contributed by atoms with van der Waals surface area (Å²) in [6.07, 6.45) is 0. The smallest absolute Gasteiger partial charge is 0.138 e. The fourth-order valence-corrected chi connectivity index (χ4v) is 8.08. The molecule has 0 aliphatic heterocycles. The van der Waals surface area contributed by atoms with Crippen molar-refractivity contribution in [2.45, 2.75) is 0 Å². The van der Waals surface area contributed by atoms with Crippen LogP contribution in [-0.4, -0.2) is 4.57 Å². The van der Waals surface area contributed by atoms with Gasteiger partial charge in [-0.1, -0.05) is 115 Å². The first-order chi connectivity index (χ1) is 25.8. The fourth-order valence-electron chi connectivity index (χ4n) is 8.08. The van der Waals surface area contributed by atoms with Crippen LogP contribution in [0.25, 0.3) is 82.5 Å². The second-order valence-electron chi connectivity index (χ2n) is 13.3. The lowest BCUT2D eigenvalue weighted by atomic mass is 10.0. The number of nitrogens with zero attached hydrogens (tertiary/aromatic N) is 2. The van der Waals surface area contributed by atoms with Crippen LogP contribution in [0.3, 0.4) is 0 Å². The molecular formula is C48H30N2O2. The molecule has 0 atom stereocenters. The third-order valence-corrected chi connectivity index (χ3v) is 10.4. The standard InChI is InChI=1S/C48H30N2O2/c1-3-13-31(14-4-1)32-23-25-34(26-24-32)49(35-27-28-37-36-17-8-11-21-42(36)51-44(37)29-35)41-30-45-46(39-19-9-12-22-43(39)52-45)47-38-18-7-10-20-40(38)50(48(41)47)33-15-5-2-6-16-33/h1-30H. The topological polar surface area (TPSA) is 34.5 Å². The average Bonchev–Trinajstić information content (AvgIpc) is 3.88. The van der Waals surface area contributed by atoms with Crippen LogP contribution in [0, 0.1) is 0 Å². The number of furan rings is 2. The summed E-state index contributed by atoms with van der Waals surface area (Å²) in [5, 5.41) is 6.76. The van der Waals surface area contributed by atoms with Gasteiger partial charge in [0, 0.05) is 61.5 Å². The number of para-hydroxylation sites is 4. The molecular weight excluding hydrogens is 637 g/mol. The van der Waals surface area contributed by atoms with Crippen molar-refractivity contribution in [1.82, 2.24) is 4.57 Å². The molecule has 52 heavy (non-hydrogen) atoms. The minimum atomic E-state index is 0.842. The zero-order chi connectivity index (χ0) is 34.2. The molecule has 3 aromatic heterocycles. The minimum Gasteiger partial charge on any atom is -0.456 e. The highest BCUT2D eigenvalue weighted by atomic mass is 16.3. The molecule has 0 fully saturated rings. The van der Waals surface area contributed by atoms with Gasteiger partial charge >= 0.3 is 0 Å². The quantitative estimate of drug-likeness (QED) is 0.183. The maximum Gasteiger partial charge on any atom is 0.138 e. The van der Waals surface area contributed by atoms with Crippen LogP contribution in [0.4, 0.5) is 17.1 Å². The van der Waals surface area contributed by atoms with E-state index in [9.17, 15) is 0 Å². The van der Waals surface area contributed by atoms with Crippen molar-refractivity contribution in [3.63, 3.8) is 0 Å². The minimum absolute atomic E-state index is 0.842. The number of benzene rings is 8. The van der Waals surface area contributed by atoms with E-state index in [-0.39, 0.29) is 0 Å². The van der Waals surface area contributed by atoms with Gasteiger partial charge in [-0.25, -0.2) is 0 Å². The summed E-state index contributed by atoms with van der Waals surface area (Å²) in [6.45, 7) is 0. The van der Waals surface area contributed by atoms with Gasteiger partial charge in [-0.05, 0) is 65.7 Å². The normalized spacial score (nSPS) is 11.8. The monoisotopic (exact) mass is 666 g/mol. The van der Waals surface area contributed by atoms with E-state index in [1.807, 2.05) is 18.2 Å². The second kappa shape index (κ2) is 11.2. The Labute approximate surface area is 299 Å². The van der Waals surface area contributed by atoms with E-state index >= 15 is 0 Å². The maximum atomic E-state index is 6.72. The summed E-state index contributed by atoms with van der Waals surface area (Å²) in [5.74, 6) is 0. The van der Waals surface area contributed by atoms with Crippen LogP contribution in [0.2, 0.25) is 0 Å². The third kappa shape index (κ3) is 4.28. The lowest BCUT2D eigenvalue weighted by Crippen LogP contribution is -2.12. The molecule has 0 amide bonds. The number of rotatable bonds is 5. The maximum absolute atomic E-state index is 6.72. The van der Waals surface area contributed by atoms with Crippen molar-refractivity contribution < 1.29 is 8.83 Å². The Morgan fingerprint density at radius 1 is 0.385 bits per heavy atom. The predicted molar refractivity (Wildman–Crippen MR) is 215 cm³/mol. The first-order valence-corrected chi connectivity index (χ1v) is 17.6. The molecule has 0 radical (unpaired) electrons. The van der Waals surface area contributed by atoms with Crippen LogP contribution in [0.5, 0.6) is 0 Å². The van der Waals surface area contributed by atoms with Gasteiger partial charge in [0.15, 0.2) is 0 Å². The van der Waals surface area contributed by atoms with Crippen LogP contribution < -0.4 is 4.90 Å². The molecule has 4 nitrogen and oxygen atoms in total. The highest BCUT2D eigenvalue weighted by Gasteiger charge is 2.26. The van der Waals surface area contributed by atoms with Gasteiger partial charge in [0.2, 0.25) is 0 Å². The van der Waals surface area contributed by atoms with E-state index < -0.39 is 0 Å². The first-order valence-electron chi connectivity index (χ1n) is 17.6. The van der Waals surface area contributed by atoms with Gasteiger partial charge in [0.05, 0.1) is 16.7 Å². The molecule has 0 spiro atoms. The molecule has 11 aromatic rings. The molecule has 0 bridgehead atoms. The Bertz CT molecular complexity index is 3110. The van der Waals surface area contributed by atoms with E-state index in [0.717, 1.165) is 88.6 Å². The van der Waals surface area contributed by atoms with Crippen LogP contribution in [-0.2, 0) is 0 Å². The van der Waals surface area contributed by atoms with Gasteiger partial charge in [-0.15, -0.1) is 0 Å². The number of hydrogen-bond donors (Lipinski definition) is 0. The predicted octanol–water partition coefficient (Wildman–Crippen LogP) is 13.7. The summed E-state index contributed by atoms with van der Waals surface area (Å²) in [7, 11) is 0. The van der Waals surface area contributed by atoms with Crippen molar-refractivity contribution in [1.29, 1.82) is 0 Å². The van der Waals surface area contributed by atoms with Gasteiger partial charge in [0.1, 0.15) is 22.3 Å². The summed E-state index contributed by atoms with van der Waals surface area (Å²) in [4.78, 5) is 2.36. The van der Waals surface area contributed by atoms with Crippen LogP contribution in [0.15, 0.2) is 191 Å². The van der Waals surface area contributed by atoms with E-state index in [0.29, 0.717) is 0 Å². The van der Waals surface area contributed by atoms with E-state index in [1.54, 1.807) is 0 Å². The Morgan fingerprint density at radius 3 is 1.75 bits per heavy atom. The SMILES string of the molecule is c1ccc(-c2ccc(N(c3ccc4c(c3)oc3ccccc34)c3cc4oc5ccccc5c4c4c5ccccc5n(-c5ccccc5)c34)cc2)cc1. The summed E-state index contributed by atoms with van der Waals surface area (Å²) < 4.78 is 15.6. The molecule has 8 aromatic carbocycles. The molecule has 3 heterocycles. The summed E-state index contributed by atoms with van der Waals surface area (Å²) >= 11 is 0. The molecule has 0 saturated heterocycles. The molecule has 0 saturated carbocycles. The number of fused-ring (bicyclic) bond motifs is 10. The average molecular weight is 667 g/mol. The Kier molecular flexibility index (Phi) is 6.22. The summed E-state index contributed by atoms with van der Waals surface area (Å²) in [6, 6.07) is 64.2. The van der Waals surface area contributed by atoms with Crippen LogP contribution in [0.1, 0.15) is 0 Å². The third-order valence-electron chi connectivity index (χ3n) is 10.4. The molecule has 0 unspecified atom stereocenters. The second-order valence-corrected chi connectivity index (χ2v) is 13.3. The molecule has 4 heteroatoms. The first kappa shape index (κ1) is 28.8. The molecule has 0 aliphatic carbocycles. The number of hydrogen-bond acceptors (Lipinski definition) is 3. The number of aromatic nitrogens is 1. The molecule has 244 valence electrons. The highest BCUT2D eigenvalue weighted by Crippen LogP contribution is 2.49. The highest BCUT2D eigenvalue weighted by molar-refractivity contribution is 6.30. The molecule has 0 N–H and O–H groups in total. The molecule has 0 aliphatic rings. The van der Waals surface area contributed by atoms with E-state index in [1.165, 1.54) is 10.9 Å². The Hall–Kier alpha value is -7.04. The van der Waals surface area contributed by atoms with Gasteiger partial charge in [-0.2, -0.15) is 0 Å². The fraction of sp³-hybridized carbons (Fsp3) is 0. The van der Waals surface area contributed by atoms with Crippen molar-refractivity contribution in [3.05, 3.63) is 182 Å². The Balaban J connectivity index is 1.28. The number of anilines is 3. The van der Waals surface area contributed by atoms with Crippen molar-refractivity contribution in [2.24, 2.45) is 0 Å². The molecule has 11 rings (SSSR count). The van der Waals surface area contributed by atoms with Crippen molar-refractivity contribution >= 4 is 82.7 Å². The van der Waals surface area contributed by atoms with E-state index in [4.69, 9.17) is 8.83 Å². The van der Waals surface area contributed by atoms with Gasteiger partial charge < -0.3 is 18.3 Å². The van der Waals surface area contributed by atoms with Crippen LogP contribution >= 0.6 is 0 Å². The van der Waals surface area contributed by atoms with Crippen molar-refractivity contribution in [3.8, 4) is 16.8 Å². The zero-order valence-electron chi connectivity index (χ0n) is 28.0. The Morgan fingerprint density at radius 2 is 0.962 bits per heavy atom. The summed E-state index contributed by atoms with van der Waals surface area (Å²) in [5.41, 5.74) is 12.1.